The number of nitriles is 1. The van der Waals surface area contributed by atoms with Crippen LogP contribution < -0.4 is 5.32 Å². The molecule has 0 radical (unpaired) electrons. The number of nitrogens with zero attached hydrogens (tertiary/aromatic N) is 2. The van der Waals surface area contributed by atoms with Crippen molar-refractivity contribution in [1.82, 2.24) is 4.57 Å². The monoisotopic (exact) mass is 289 g/mol. The van der Waals surface area contributed by atoms with Gasteiger partial charge in [0.1, 0.15) is 12.6 Å². The molecule has 3 aromatic rings. The van der Waals surface area contributed by atoms with Gasteiger partial charge in [0.05, 0.1) is 11.1 Å². The van der Waals surface area contributed by atoms with Gasteiger partial charge in [0.25, 0.3) is 0 Å². The third-order valence-electron chi connectivity index (χ3n) is 3.70. The van der Waals surface area contributed by atoms with Gasteiger partial charge in [-0.15, -0.1) is 0 Å². The first-order valence-corrected chi connectivity index (χ1v) is 7.03. The zero-order valence-corrected chi connectivity index (χ0v) is 12.2. The predicted octanol–water partition coefficient (Wildman–Crippen LogP) is 3.46. The van der Waals surface area contributed by atoms with Gasteiger partial charge in [-0.1, -0.05) is 36.4 Å². The van der Waals surface area contributed by atoms with E-state index in [1.54, 1.807) is 0 Å². The van der Waals surface area contributed by atoms with Crippen molar-refractivity contribution in [3.8, 4) is 6.07 Å². The number of hydrogen-bond acceptors (Lipinski definition) is 2. The van der Waals surface area contributed by atoms with E-state index in [9.17, 15) is 10.1 Å². The average Bonchev–Trinajstić information content (AvgIpc) is 2.80. The molecule has 1 aromatic heterocycles. The van der Waals surface area contributed by atoms with Crippen LogP contribution in [0.25, 0.3) is 10.9 Å². The summed E-state index contributed by atoms with van der Waals surface area (Å²) < 4.78 is 1.88. The first kappa shape index (κ1) is 13.9. The van der Waals surface area contributed by atoms with E-state index >= 15 is 0 Å². The molecule has 0 saturated carbocycles. The van der Waals surface area contributed by atoms with Crippen molar-refractivity contribution < 1.29 is 4.79 Å². The third-order valence-corrected chi connectivity index (χ3v) is 3.70. The number of anilines is 1. The molecule has 0 saturated heterocycles. The summed E-state index contributed by atoms with van der Waals surface area (Å²) in [6.07, 6.45) is 0. The SMILES string of the molecule is Cc1c(C#N)c2ccccc2n1CC(=O)Nc1ccccc1. The molecule has 4 nitrogen and oxygen atoms in total. The summed E-state index contributed by atoms with van der Waals surface area (Å²) in [6.45, 7) is 2.05. The van der Waals surface area contributed by atoms with Crippen molar-refractivity contribution in [3.63, 3.8) is 0 Å². The molecule has 0 spiro atoms. The first-order valence-electron chi connectivity index (χ1n) is 7.03. The van der Waals surface area contributed by atoms with Crippen molar-refractivity contribution in [2.75, 3.05) is 5.32 Å². The number of amides is 1. The Morgan fingerprint density at radius 2 is 1.82 bits per heavy atom. The zero-order chi connectivity index (χ0) is 15.5. The summed E-state index contributed by atoms with van der Waals surface area (Å²) in [5.41, 5.74) is 3.11. The van der Waals surface area contributed by atoms with Crippen LogP contribution in [-0.2, 0) is 11.3 Å². The lowest BCUT2D eigenvalue weighted by Gasteiger charge is -2.09. The molecule has 1 amide bonds. The van der Waals surface area contributed by atoms with E-state index in [2.05, 4.69) is 11.4 Å². The summed E-state index contributed by atoms with van der Waals surface area (Å²) in [5, 5.41) is 13.1. The number of benzene rings is 2. The summed E-state index contributed by atoms with van der Waals surface area (Å²) in [6, 6.07) is 19.2. The molecular formula is C18H15N3O. The van der Waals surface area contributed by atoms with E-state index < -0.39 is 0 Å². The van der Waals surface area contributed by atoms with E-state index in [0.717, 1.165) is 22.3 Å². The highest BCUT2D eigenvalue weighted by atomic mass is 16.1. The van der Waals surface area contributed by atoms with Crippen LogP contribution in [0.4, 0.5) is 5.69 Å². The van der Waals surface area contributed by atoms with Crippen LogP contribution in [0.1, 0.15) is 11.3 Å². The molecule has 4 heteroatoms. The van der Waals surface area contributed by atoms with Gasteiger partial charge < -0.3 is 9.88 Å². The molecule has 22 heavy (non-hydrogen) atoms. The fraction of sp³-hybridized carbons (Fsp3) is 0.111. The number of para-hydroxylation sites is 2. The van der Waals surface area contributed by atoms with Gasteiger partial charge in [-0.2, -0.15) is 5.26 Å². The van der Waals surface area contributed by atoms with E-state index in [1.165, 1.54) is 0 Å². The number of carbonyl (C=O) groups excluding carboxylic acids is 1. The molecule has 0 bridgehead atoms. The summed E-state index contributed by atoms with van der Waals surface area (Å²) >= 11 is 0. The molecule has 0 aliphatic heterocycles. The van der Waals surface area contributed by atoms with Gasteiger partial charge in [0.2, 0.25) is 5.91 Å². The first-order chi connectivity index (χ1) is 10.7. The highest BCUT2D eigenvalue weighted by molar-refractivity contribution is 5.93. The Morgan fingerprint density at radius 1 is 1.14 bits per heavy atom. The Hall–Kier alpha value is -3.06. The Bertz CT molecular complexity index is 872. The minimum Gasteiger partial charge on any atom is -0.334 e. The number of rotatable bonds is 3. The van der Waals surface area contributed by atoms with Crippen LogP contribution in [0.5, 0.6) is 0 Å². The number of carbonyl (C=O) groups is 1. The topological polar surface area (TPSA) is 57.8 Å². The molecule has 1 heterocycles. The van der Waals surface area contributed by atoms with Gasteiger partial charge in [-0.05, 0) is 25.1 Å². The second kappa shape index (κ2) is 5.74. The highest BCUT2D eigenvalue weighted by Crippen LogP contribution is 2.25. The van der Waals surface area contributed by atoms with E-state index in [-0.39, 0.29) is 12.5 Å². The van der Waals surface area contributed by atoms with Crippen LogP contribution in [-0.4, -0.2) is 10.5 Å². The molecule has 108 valence electrons. The van der Waals surface area contributed by atoms with Crippen molar-refractivity contribution in [3.05, 3.63) is 65.9 Å². The minimum atomic E-state index is -0.112. The Balaban J connectivity index is 1.93. The average molecular weight is 289 g/mol. The zero-order valence-electron chi connectivity index (χ0n) is 12.2. The molecular weight excluding hydrogens is 274 g/mol. The molecule has 1 N–H and O–H groups in total. The van der Waals surface area contributed by atoms with Crippen molar-refractivity contribution >= 4 is 22.5 Å². The van der Waals surface area contributed by atoms with Crippen LogP contribution >= 0.6 is 0 Å². The molecule has 2 aromatic carbocycles. The summed E-state index contributed by atoms with van der Waals surface area (Å²) in [5.74, 6) is -0.112. The fourth-order valence-electron chi connectivity index (χ4n) is 2.64. The standard InChI is InChI=1S/C18H15N3O/c1-13-16(11-19)15-9-5-6-10-17(15)21(13)12-18(22)20-14-7-3-2-4-8-14/h2-10H,12H2,1H3,(H,20,22). The molecule has 0 unspecified atom stereocenters. The van der Waals surface area contributed by atoms with Crippen molar-refractivity contribution in [2.45, 2.75) is 13.5 Å². The molecule has 0 aliphatic rings. The number of fused-ring (bicyclic) bond motifs is 1. The van der Waals surface area contributed by atoms with Crippen LogP contribution in [0, 0.1) is 18.3 Å². The lowest BCUT2D eigenvalue weighted by molar-refractivity contribution is -0.116. The Labute approximate surface area is 128 Å². The van der Waals surface area contributed by atoms with Gasteiger partial charge in [-0.25, -0.2) is 0 Å². The molecule has 0 aliphatic carbocycles. The van der Waals surface area contributed by atoms with Gasteiger partial charge >= 0.3 is 0 Å². The van der Waals surface area contributed by atoms with Gasteiger partial charge in [0.15, 0.2) is 0 Å². The van der Waals surface area contributed by atoms with Crippen molar-refractivity contribution in [2.24, 2.45) is 0 Å². The quantitative estimate of drug-likeness (QED) is 0.802. The number of hydrogen-bond donors (Lipinski definition) is 1. The largest absolute Gasteiger partial charge is 0.334 e. The molecule has 0 atom stereocenters. The van der Waals surface area contributed by atoms with E-state index in [4.69, 9.17) is 0 Å². The number of nitrogens with one attached hydrogen (secondary N) is 1. The maximum absolute atomic E-state index is 12.3. The summed E-state index contributed by atoms with van der Waals surface area (Å²) in [4.78, 5) is 12.3. The molecule has 3 rings (SSSR count). The van der Waals surface area contributed by atoms with Gasteiger partial charge in [0, 0.05) is 16.8 Å². The maximum atomic E-state index is 12.3. The lowest BCUT2D eigenvalue weighted by Crippen LogP contribution is -2.19. The highest BCUT2D eigenvalue weighted by Gasteiger charge is 2.15. The Kier molecular flexibility index (Phi) is 3.63. The normalized spacial score (nSPS) is 10.4. The number of aromatic nitrogens is 1. The van der Waals surface area contributed by atoms with E-state index in [0.29, 0.717) is 5.56 Å². The van der Waals surface area contributed by atoms with Gasteiger partial charge in [-0.3, -0.25) is 4.79 Å². The Morgan fingerprint density at radius 3 is 2.55 bits per heavy atom. The summed E-state index contributed by atoms with van der Waals surface area (Å²) in [7, 11) is 0. The maximum Gasteiger partial charge on any atom is 0.244 e. The van der Waals surface area contributed by atoms with Crippen LogP contribution in [0.15, 0.2) is 54.6 Å². The van der Waals surface area contributed by atoms with Crippen LogP contribution in [0.2, 0.25) is 0 Å². The predicted molar refractivity (Wildman–Crippen MR) is 86.5 cm³/mol. The van der Waals surface area contributed by atoms with Crippen molar-refractivity contribution in [1.29, 1.82) is 5.26 Å². The fourth-order valence-corrected chi connectivity index (χ4v) is 2.64. The molecule has 0 fully saturated rings. The van der Waals surface area contributed by atoms with E-state index in [1.807, 2.05) is 66.1 Å². The second-order valence-electron chi connectivity index (χ2n) is 5.09. The lowest BCUT2D eigenvalue weighted by atomic mass is 10.1. The third kappa shape index (κ3) is 2.45. The second-order valence-corrected chi connectivity index (χ2v) is 5.09. The minimum absolute atomic E-state index is 0.112. The smallest absolute Gasteiger partial charge is 0.244 e. The van der Waals surface area contributed by atoms with Crippen LogP contribution in [0.3, 0.4) is 0 Å².